The summed E-state index contributed by atoms with van der Waals surface area (Å²) >= 11 is 0. The van der Waals surface area contributed by atoms with Crippen LogP contribution in [0.25, 0.3) is 0 Å². The molecule has 2 heterocycles. The summed E-state index contributed by atoms with van der Waals surface area (Å²) in [5.41, 5.74) is 1.09. The van der Waals surface area contributed by atoms with Crippen LogP contribution in [0.1, 0.15) is 64.6 Å². The molecule has 0 atom stereocenters. The maximum absolute atomic E-state index is 12.0. The van der Waals surface area contributed by atoms with E-state index in [1.165, 1.54) is 7.11 Å². The van der Waals surface area contributed by atoms with Gasteiger partial charge >= 0.3 is 13.1 Å². The minimum Gasteiger partial charge on any atom is -0.464 e. The van der Waals surface area contributed by atoms with Crippen LogP contribution in [0.4, 0.5) is 0 Å². The van der Waals surface area contributed by atoms with Gasteiger partial charge in [0, 0.05) is 5.69 Å². The van der Waals surface area contributed by atoms with E-state index < -0.39 is 24.3 Å². The second-order valence-electron chi connectivity index (χ2n) is 8.59. The molecular weight excluding hydrogens is 305 g/mol. The average molecular weight is 333 g/mol. The summed E-state index contributed by atoms with van der Waals surface area (Å²) in [6.07, 6.45) is 0.740. The van der Waals surface area contributed by atoms with Crippen molar-refractivity contribution >= 4 is 18.6 Å². The SMILES string of the molecule is COC(=O)c1cc(B2OC(C)(C)C(C)(C)O2)cc(CC(C)(C)C)n1. The highest BCUT2D eigenvalue weighted by molar-refractivity contribution is 6.62. The van der Waals surface area contributed by atoms with Crippen molar-refractivity contribution in [2.75, 3.05) is 7.11 Å². The molecule has 1 aromatic heterocycles. The minimum absolute atomic E-state index is 0.0505. The highest BCUT2D eigenvalue weighted by Gasteiger charge is 2.51. The van der Waals surface area contributed by atoms with Crippen LogP contribution in [0.5, 0.6) is 0 Å². The third-order valence-corrected chi connectivity index (χ3v) is 4.53. The number of pyridine rings is 1. The molecule has 1 aromatic rings. The van der Waals surface area contributed by atoms with E-state index >= 15 is 0 Å². The van der Waals surface area contributed by atoms with Crippen LogP contribution in [-0.2, 0) is 20.5 Å². The Bertz CT molecular complexity index is 618. The van der Waals surface area contributed by atoms with Crippen LogP contribution >= 0.6 is 0 Å². The Morgan fingerprint density at radius 1 is 1.17 bits per heavy atom. The molecule has 24 heavy (non-hydrogen) atoms. The zero-order valence-electron chi connectivity index (χ0n) is 16.0. The van der Waals surface area contributed by atoms with Gasteiger partial charge in [-0.1, -0.05) is 20.8 Å². The lowest BCUT2D eigenvalue weighted by molar-refractivity contribution is 0.00578. The Kier molecular flexibility index (Phi) is 4.86. The molecule has 0 radical (unpaired) electrons. The number of hydrogen-bond donors (Lipinski definition) is 0. The van der Waals surface area contributed by atoms with Crippen LogP contribution in [0, 0.1) is 5.41 Å². The number of esters is 1. The molecule has 1 fully saturated rings. The molecule has 0 saturated carbocycles. The van der Waals surface area contributed by atoms with E-state index in [1.54, 1.807) is 6.07 Å². The third-order valence-electron chi connectivity index (χ3n) is 4.53. The topological polar surface area (TPSA) is 57.7 Å². The molecule has 0 spiro atoms. The second-order valence-corrected chi connectivity index (χ2v) is 8.59. The first-order chi connectivity index (χ1) is 10.8. The summed E-state index contributed by atoms with van der Waals surface area (Å²) in [6.45, 7) is 14.4. The maximum Gasteiger partial charge on any atom is 0.494 e. The Morgan fingerprint density at radius 3 is 2.17 bits per heavy atom. The second kappa shape index (κ2) is 6.15. The maximum atomic E-state index is 12.0. The van der Waals surface area contributed by atoms with Gasteiger partial charge in [-0.2, -0.15) is 0 Å². The zero-order valence-corrected chi connectivity index (χ0v) is 16.0. The molecule has 6 heteroatoms. The van der Waals surface area contributed by atoms with E-state index in [9.17, 15) is 4.79 Å². The van der Waals surface area contributed by atoms with Gasteiger partial charge in [0.1, 0.15) is 5.69 Å². The van der Waals surface area contributed by atoms with Crippen molar-refractivity contribution in [3.63, 3.8) is 0 Å². The van der Waals surface area contributed by atoms with Gasteiger partial charge < -0.3 is 14.0 Å². The fourth-order valence-corrected chi connectivity index (χ4v) is 2.57. The van der Waals surface area contributed by atoms with E-state index in [0.29, 0.717) is 0 Å². The molecule has 1 aliphatic heterocycles. The monoisotopic (exact) mass is 333 g/mol. The third kappa shape index (κ3) is 3.98. The summed E-state index contributed by atoms with van der Waals surface area (Å²) in [7, 11) is 0.828. The number of methoxy groups -OCH3 is 1. The Hall–Kier alpha value is -1.40. The van der Waals surface area contributed by atoms with Crippen molar-refractivity contribution in [1.82, 2.24) is 4.98 Å². The van der Waals surface area contributed by atoms with Crippen LogP contribution in [-0.4, -0.2) is 36.4 Å². The summed E-state index contributed by atoms with van der Waals surface area (Å²) in [5, 5.41) is 0. The average Bonchev–Trinajstić information content (AvgIpc) is 2.64. The van der Waals surface area contributed by atoms with Gasteiger partial charge in [0.2, 0.25) is 0 Å². The van der Waals surface area contributed by atoms with Crippen molar-refractivity contribution in [2.45, 2.75) is 66.1 Å². The summed E-state index contributed by atoms with van der Waals surface area (Å²) in [6, 6.07) is 3.65. The van der Waals surface area contributed by atoms with Crippen LogP contribution in [0.2, 0.25) is 0 Å². The number of carbonyl (C=O) groups excluding carboxylic acids is 1. The largest absolute Gasteiger partial charge is 0.494 e. The van der Waals surface area contributed by atoms with Gasteiger partial charge in [0.25, 0.3) is 0 Å². The number of carbonyl (C=O) groups is 1. The van der Waals surface area contributed by atoms with Crippen molar-refractivity contribution in [2.24, 2.45) is 5.41 Å². The molecule has 132 valence electrons. The van der Waals surface area contributed by atoms with E-state index in [4.69, 9.17) is 14.0 Å². The lowest BCUT2D eigenvalue weighted by atomic mass is 9.78. The van der Waals surface area contributed by atoms with E-state index in [-0.39, 0.29) is 11.1 Å². The van der Waals surface area contributed by atoms with Crippen molar-refractivity contribution in [3.05, 3.63) is 23.5 Å². The predicted molar refractivity (Wildman–Crippen MR) is 94.5 cm³/mol. The number of rotatable bonds is 3. The van der Waals surface area contributed by atoms with Gasteiger partial charge in [-0.15, -0.1) is 0 Å². The molecule has 0 unspecified atom stereocenters. The first-order valence-electron chi connectivity index (χ1n) is 8.29. The fraction of sp³-hybridized carbons (Fsp3) is 0.667. The Labute approximate surface area is 145 Å². The van der Waals surface area contributed by atoms with Crippen LogP contribution in [0.15, 0.2) is 12.1 Å². The molecule has 2 rings (SSSR count). The lowest BCUT2D eigenvalue weighted by Gasteiger charge is -2.32. The number of hydrogen-bond acceptors (Lipinski definition) is 5. The zero-order chi connectivity index (χ0) is 18.3. The van der Waals surface area contributed by atoms with E-state index in [2.05, 4.69) is 25.8 Å². The highest BCUT2D eigenvalue weighted by Crippen LogP contribution is 2.36. The van der Waals surface area contributed by atoms with E-state index in [1.807, 2.05) is 33.8 Å². The molecule has 0 aliphatic carbocycles. The molecule has 0 aromatic carbocycles. The lowest BCUT2D eigenvalue weighted by Crippen LogP contribution is -2.41. The molecule has 1 aliphatic rings. The summed E-state index contributed by atoms with van der Waals surface area (Å²) in [4.78, 5) is 16.4. The minimum atomic E-state index is -0.528. The summed E-state index contributed by atoms with van der Waals surface area (Å²) < 4.78 is 17.0. The van der Waals surface area contributed by atoms with Crippen molar-refractivity contribution < 1.29 is 18.8 Å². The van der Waals surface area contributed by atoms with Gasteiger partial charge in [-0.05, 0) is 57.1 Å². The van der Waals surface area contributed by atoms with Gasteiger partial charge in [0.15, 0.2) is 0 Å². The standard InChI is InChI=1S/C18H28BNO4/c1-16(2,3)11-13-9-12(10-14(20-13)15(21)22-8)19-23-17(4,5)18(6,7)24-19/h9-10H,11H2,1-8H3. The van der Waals surface area contributed by atoms with Crippen molar-refractivity contribution in [3.8, 4) is 0 Å². The number of nitrogens with zero attached hydrogens (tertiary/aromatic N) is 1. The van der Waals surface area contributed by atoms with Gasteiger partial charge in [-0.3, -0.25) is 0 Å². The van der Waals surface area contributed by atoms with Crippen LogP contribution in [0.3, 0.4) is 0 Å². The van der Waals surface area contributed by atoms with Crippen LogP contribution < -0.4 is 5.46 Å². The highest BCUT2D eigenvalue weighted by atomic mass is 16.7. The quantitative estimate of drug-likeness (QED) is 0.629. The molecule has 0 N–H and O–H groups in total. The molecule has 1 saturated heterocycles. The van der Waals surface area contributed by atoms with E-state index in [0.717, 1.165) is 17.6 Å². The first kappa shape index (κ1) is 18.9. The first-order valence-corrected chi connectivity index (χ1v) is 8.29. The molecule has 0 bridgehead atoms. The molecule has 5 nitrogen and oxygen atoms in total. The number of aromatic nitrogens is 1. The Morgan fingerprint density at radius 2 is 1.71 bits per heavy atom. The Balaban J connectivity index is 2.42. The fourth-order valence-electron chi connectivity index (χ4n) is 2.57. The number of ether oxygens (including phenoxy) is 1. The van der Waals surface area contributed by atoms with Gasteiger partial charge in [0.05, 0.1) is 18.3 Å². The summed E-state index contributed by atoms with van der Waals surface area (Å²) in [5.74, 6) is -0.455. The smallest absolute Gasteiger partial charge is 0.464 e. The molecular formula is C18H28BNO4. The van der Waals surface area contributed by atoms with Gasteiger partial charge in [-0.25, -0.2) is 9.78 Å². The predicted octanol–water partition coefficient (Wildman–Crippen LogP) is 2.76. The molecule has 0 amide bonds. The normalized spacial score (nSPS) is 19.4. The van der Waals surface area contributed by atoms with Crippen molar-refractivity contribution in [1.29, 1.82) is 0 Å².